The van der Waals surface area contributed by atoms with Crippen LogP contribution in [-0.2, 0) is 11.8 Å². The first kappa shape index (κ1) is 11.2. The van der Waals surface area contributed by atoms with Gasteiger partial charge in [0.15, 0.2) is 5.82 Å². The number of hydrogen-bond acceptors (Lipinski definition) is 4. The smallest absolute Gasteiger partial charge is 0.226 e. The van der Waals surface area contributed by atoms with Gasteiger partial charge in [-0.15, -0.1) is 0 Å². The highest BCUT2D eigenvalue weighted by Gasteiger charge is 2.43. The zero-order valence-electron chi connectivity index (χ0n) is 10.5. The fourth-order valence-electron chi connectivity index (χ4n) is 2.48. The van der Waals surface area contributed by atoms with Crippen LogP contribution in [0.1, 0.15) is 57.2 Å². The van der Waals surface area contributed by atoms with Gasteiger partial charge in [0, 0.05) is 17.9 Å². The van der Waals surface area contributed by atoms with E-state index in [2.05, 4.69) is 22.4 Å². The van der Waals surface area contributed by atoms with Crippen LogP contribution >= 0.6 is 0 Å². The molecule has 3 rings (SSSR count). The van der Waals surface area contributed by atoms with Gasteiger partial charge in [0.1, 0.15) is 0 Å². The minimum absolute atomic E-state index is 0.227. The molecule has 2 aliphatic rings. The lowest BCUT2D eigenvalue weighted by molar-refractivity contribution is 0.339. The van der Waals surface area contributed by atoms with E-state index >= 15 is 0 Å². The van der Waals surface area contributed by atoms with Crippen LogP contribution in [0.4, 0.5) is 0 Å². The van der Waals surface area contributed by atoms with Crippen molar-refractivity contribution in [3.63, 3.8) is 0 Å². The molecular formula is C13H21N3O. The zero-order chi connectivity index (χ0) is 11.7. The first-order chi connectivity index (χ1) is 8.26. The molecule has 94 valence electrons. The van der Waals surface area contributed by atoms with Gasteiger partial charge in [-0.3, -0.25) is 0 Å². The van der Waals surface area contributed by atoms with Crippen molar-refractivity contribution in [1.29, 1.82) is 0 Å². The topological polar surface area (TPSA) is 51.0 Å². The average Bonchev–Trinajstić information content (AvgIpc) is 2.94. The van der Waals surface area contributed by atoms with Gasteiger partial charge in [-0.25, -0.2) is 0 Å². The molecule has 1 unspecified atom stereocenters. The Morgan fingerprint density at radius 3 is 3.00 bits per heavy atom. The molecule has 0 amide bonds. The van der Waals surface area contributed by atoms with Gasteiger partial charge < -0.3 is 9.84 Å². The summed E-state index contributed by atoms with van der Waals surface area (Å²) in [6.07, 6.45) is 8.41. The van der Waals surface area contributed by atoms with Crippen molar-refractivity contribution >= 4 is 0 Å². The summed E-state index contributed by atoms with van der Waals surface area (Å²) in [5, 5.41) is 7.66. The van der Waals surface area contributed by atoms with Gasteiger partial charge in [0.2, 0.25) is 5.89 Å². The highest BCUT2D eigenvalue weighted by atomic mass is 16.5. The minimum Gasteiger partial charge on any atom is -0.339 e. The van der Waals surface area contributed by atoms with E-state index in [1.807, 2.05) is 0 Å². The first-order valence-corrected chi connectivity index (χ1v) is 6.83. The molecule has 1 aliphatic heterocycles. The molecule has 0 radical (unpaired) electrons. The van der Waals surface area contributed by atoms with Gasteiger partial charge >= 0.3 is 0 Å². The van der Waals surface area contributed by atoms with Crippen LogP contribution in [-0.4, -0.2) is 22.7 Å². The van der Waals surface area contributed by atoms with E-state index in [0.29, 0.717) is 6.04 Å². The van der Waals surface area contributed by atoms with E-state index in [0.717, 1.165) is 31.1 Å². The molecule has 0 bridgehead atoms. The molecule has 1 aromatic rings. The summed E-state index contributed by atoms with van der Waals surface area (Å²) in [6.45, 7) is 3.38. The van der Waals surface area contributed by atoms with Crippen LogP contribution in [0, 0.1) is 0 Å². The molecule has 1 saturated carbocycles. The molecule has 4 nitrogen and oxygen atoms in total. The summed E-state index contributed by atoms with van der Waals surface area (Å²) >= 11 is 0. The predicted molar refractivity (Wildman–Crippen MR) is 64.8 cm³/mol. The second-order valence-corrected chi connectivity index (χ2v) is 5.76. The molecule has 1 saturated heterocycles. The third kappa shape index (κ3) is 2.51. The lowest BCUT2D eigenvalue weighted by atomic mass is 10.0. The summed E-state index contributed by atoms with van der Waals surface area (Å²) in [6, 6.07) is 0.649. The van der Waals surface area contributed by atoms with Crippen molar-refractivity contribution in [3.05, 3.63) is 11.7 Å². The van der Waals surface area contributed by atoms with E-state index in [-0.39, 0.29) is 5.41 Å². The van der Waals surface area contributed by atoms with Crippen molar-refractivity contribution in [2.45, 2.75) is 63.3 Å². The number of aryl methyl sites for hydroxylation is 1. The number of nitrogens with zero attached hydrogens (tertiary/aromatic N) is 2. The Morgan fingerprint density at radius 1 is 1.41 bits per heavy atom. The maximum Gasteiger partial charge on any atom is 0.226 e. The third-order valence-electron chi connectivity index (χ3n) is 4.13. The summed E-state index contributed by atoms with van der Waals surface area (Å²) in [5.41, 5.74) is 0.227. The highest BCUT2D eigenvalue weighted by Crippen LogP contribution is 2.45. The first-order valence-electron chi connectivity index (χ1n) is 6.83. The number of rotatable bonds is 4. The molecule has 1 atom stereocenters. The van der Waals surface area contributed by atoms with Gasteiger partial charge in [-0.2, -0.15) is 4.98 Å². The molecule has 2 heterocycles. The summed E-state index contributed by atoms with van der Waals surface area (Å²) in [4.78, 5) is 4.52. The molecule has 17 heavy (non-hydrogen) atoms. The van der Waals surface area contributed by atoms with Crippen molar-refractivity contribution in [3.8, 4) is 0 Å². The zero-order valence-corrected chi connectivity index (χ0v) is 10.5. The van der Waals surface area contributed by atoms with E-state index in [1.165, 1.54) is 32.1 Å². The van der Waals surface area contributed by atoms with Gasteiger partial charge in [-0.1, -0.05) is 18.5 Å². The number of hydrogen-bond donors (Lipinski definition) is 1. The number of nitrogens with one attached hydrogen (secondary N) is 1. The second kappa shape index (κ2) is 4.41. The standard InChI is InChI=1S/C13H21N3O/c1-13(7-8-13)12-15-11(17-16-12)6-5-10-4-2-3-9-14-10/h10,14H,2-9H2,1H3. The summed E-state index contributed by atoms with van der Waals surface area (Å²) in [5.74, 6) is 1.74. The summed E-state index contributed by atoms with van der Waals surface area (Å²) in [7, 11) is 0. The van der Waals surface area contributed by atoms with Crippen LogP contribution < -0.4 is 5.32 Å². The Morgan fingerprint density at radius 2 is 2.29 bits per heavy atom. The SMILES string of the molecule is CC1(c2noc(CCC3CCCCN3)n2)CC1. The predicted octanol–water partition coefficient (Wildman–Crippen LogP) is 2.20. The van der Waals surface area contributed by atoms with Crippen LogP contribution in [0.3, 0.4) is 0 Å². The third-order valence-corrected chi connectivity index (χ3v) is 4.13. The van der Waals surface area contributed by atoms with Crippen molar-refractivity contribution in [2.24, 2.45) is 0 Å². The summed E-state index contributed by atoms with van der Waals surface area (Å²) < 4.78 is 5.33. The number of piperidine rings is 1. The van der Waals surface area contributed by atoms with Gasteiger partial charge in [-0.05, 0) is 38.6 Å². The molecule has 0 spiro atoms. The van der Waals surface area contributed by atoms with E-state index in [9.17, 15) is 0 Å². The fraction of sp³-hybridized carbons (Fsp3) is 0.846. The Bertz CT molecular complexity index is 378. The van der Waals surface area contributed by atoms with Crippen molar-refractivity contribution in [1.82, 2.24) is 15.5 Å². The minimum atomic E-state index is 0.227. The molecule has 0 aromatic carbocycles. The van der Waals surface area contributed by atoms with E-state index < -0.39 is 0 Å². The highest BCUT2D eigenvalue weighted by molar-refractivity contribution is 5.14. The number of aromatic nitrogens is 2. The monoisotopic (exact) mass is 235 g/mol. The lowest BCUT2D eigenvalue weighted by Crippen LogP contribution is -2.34. The lowest BCUT2D eigenvalue weighted by Gasteiger charge is -2.22. The quantitative estimate of drug-likeness (QED) is 0.869. The Kier molecular flexibility index (Phi) is 2.90. The normalized spacial score (nSPS) is 27.0. The maximum atomic E-state index is 5.33. The maximum absolute atomic E-state index is 5.33. The fourth-order valence-corrected chi connectivity index (χ4v) is 2.48. The Hall–Kier alpha value is -0.900. The van der Waals surface area contributed by atoms with E-state index in [1.54, 1.807) is 0 Å². The molecular weight excluding hydrogens is 214 g/mol. The van der Waals surface area contributed by atoms with Crippen LogP contribution in [0.15, 0.2) is 4.52 Å². The molecule has 1 N–H and O–H groups in total. The van der Waals surface area contributed by atoms with Crippen molar-refractivity contribution < 1.29 is 4.52 Å². The van der Waals surface area contributed by atoms with Crippen LogP contribution in [0.2, 0.25) is 0 Å². The molecule has 2 fully saturated rings. The van der Waals surface area contributed by atoms with Gasteiger partial charge in [0.05, 0.1) is 0 Å². The second-order valence-electron chi connectivity index (χ2n) is 5.76. The van der Waals surface area contributed by atoms with Crippen LogP contribution in [0.25, 0.3) is 0 Å². The molecule has 1 aliphatic carbocycles. The van der Waals surface area contributed by atoms with Crippen molar-refractivity contribution in [2.75, 3.05) is 6.54 Å². The largest absolute Gasteiger partial charge is 0.339 e. The Labute approximate surface area is 102 Å². The molecule has 1 aromatic heterocycles. The van der Waals surface area contributed by atoms with Gasteiger partial charge in [0.25, 0.3) is 0 Å². The average molecular weight is 235 g/mol. The molecule has 4 heteroatoms. The Balaban J connectivity index is 1.52. The van der Waals surface area contributed by atoms with Crippen LogP contribution in [0.5, 0.6) is 0 Å². The van der Waals surface area contributed by atoms with E-state index in [4.69, 9.17) is 4.52 Å².